The third kappa shape index (κ3) is 5.87. The molecule has 0 saturated carbocycles. The zero-order chi connectivity index (χ0) is 20.9. The van der Waals surface area contributed by atoms with E-state index in [-0.39, 0.29) is 12.0 Å². The molecule has 1 amide bonds. The smallest absolute Gasteiger partial charge is 0.416 e. The molecule has 1 heterocycles. The van der Waals surface area contributed by atoms with Crippen LogP contribution >= 0.6 is 0 Å². The minimum absolute atomic E-state index is 0.146. The van der Waals surface area contributed by atoms with Gasteiger partial charge in [0, 0.05) is 18.2 Å². The van der Waals surface area contributed by atoms with Crippen molar-refractivity contribution in [3.8, 4) is 11.5 Å². The molecule has 0 aliphatic carbocycles. The molecule has 1 N–H and O–H groups in total. The number of esters is 1. The van der Waals surface area contributed by atoms with Crippen LogP contribution in [0.1, 0.15) is 17.5 Å². The van der Waals surface area contributed by atoms with E-state index in [0.29, 0.717) is 30.4 Å². The zero-order valence-electron chi connectivity index (χ0n) is 15.3. The fourth-order valence-electron chi connectivity index (χ4n) is 2.66. The number of anilines is 1. The Bertz CT molecular complexity index is 898. The predicted molar refractivity (Wildman–Crippen MR) is 96.8 cm³/mol. The lowest BCUT2D eigenvalue weighted by atomic mass is 10.1. The molecule has 3 rings (SSSR count). The van der Waals surface area contributed by atoms with Gasteiger partial charge in [-0.05, 0) is 23.8 Å². The summed E-state index contributed by atoms with van der Waals surface area (Å²) in [5.41, 5.74) is -0.267. The summed E-state index contributed by atoms with van der Waals surface area (Å²) >= 11 is 0. The third-order valence-electron chi connectivity index (χ3n) is 4.00. The van der Waals surface area contributed by atoms with E-state index < -0.39 is 30.2 Å². The second-order valence-electron chi connectivity index (χ2n) is 6.30. The summed E-state index contributed by atoms with van der Waals surface area (Å²) in [4.78, 5) is 23.8. The van der Waals surface area contributed by atoms with Gasteiger partial charge in [-0.15, -0.1) is 0 Å². The van der Waals surface area contributed by atoms with Crippen LogP contribution in [0.15, 0.2) is 42.5 Å². The fourth-order valence-corrected chi connectivity index (χ4v) is 2.66. The number of nitrogens with one attached hydrogen (secondary N) is 1. The molecule has 9 heteroatoms. The lowest BCUT2D eigenvalue weighted by Crippen LogP contribution is -2.21. The molecule has 2 aromatic rings. The highest BCUT2D eigenvalue weighted by molar-refractivity contribution is 5.93. The summed E-state index contributed by atoms with van der Waals surface area (Å²) in [6.45, 7) is 0.477. The second kappa shape index (κ2) is 8.85. The second-order valence-corrected chi connectivity index (χ2v) is 6.30. The third-order valence-corrected chi connectivity index (χ3v) is 4.00. The van der Waals surface area contributed by atoms with E-state index in [1.165, 1.54) is 12.1 Å². The van der Waals surface area contributed by atoms with Crippen molar-refractivity contribution in [2.24, 2.45) is 0 Å². The number of hydrogen-bond acceptors (Lipinski definition) is 5. The van der Waals surface area contributed by atoms with Crippen LogP contribution in [0.25, 0.3) is 0 Å². The predicted octanol–water partition coefficient (Wildman–Crippen LogP) is 3.59. The van der Waals surface area contributed by atoms with Gasteiger partial charge in [-0.25, -0.2) is 0 Å². The summed E-state index contributed by atoms with van der Waals surface area (Å²) in [6.07, 6.45) is -4.12. The SMILES string of the molecule is O=C(COC(=O)Cc1cccc(C(F)(F)F)c1)Nc1ccc2c(c1)OCCCO2. The monoisotopic (exact) mass is 409 g/mol. The Hall–Kier alpha value is -3.23. The van der Waals surface area contributed by atoms with Gasteiger partial charge < -0.3 is 19.5 Å². The standard InChI is InChI=1S/C20H18F3NO5/c21-20(22,23)14-4-1-3-13(9-14)10-19(26)29-12-18(25)24-15-5-6-16-17(11-15)28-8-2-7-27-16/h1,3-6,9,11H,2,7-8,10,12H2,(H,24,25). The van der Waals surface area contributed by atoms with Gasteiger partial charge in [-0.2, -0.15) is 13.2 Å². The fraction of sp³-hybridized carbons (Fsp3) is 0.300. The molecule has 1 aliphatic heterocycles. The highest BCUT2D eigenvalue weighted by Gasteiger charge is 2.30. The molecule has 0 atom stereocenters. The van der Waals surface area contributed by atoms with Crippen LogP contribution in [0, 0.1) is 0 Å². The molecule has 0 radical (unpaired) electrons. The normalized spacial score (nSPS) is 13.3. The van der Waals surface area contributed by atoms with E-state index in [2.05, 4.69) is 5.32 Å². The van der Waals surface area contributed by atoms with Gasteiger partial charge in [0.25, 0.3) is 5.91 Å². The average Bonchev–Trinajstić information content (AvgIpc) is 2.91. The average molecular weight is 409 g/mol. The van der Waals surface area contributed by atoms with E-state index >= 15 is 0 Å². The van der Waals surface area contributed by atoms with Crippen molar-refractivity contribution in [1.29, 1.82) is 0 Å². The van der Waals surface area contributed by atoms with Crippen molar-refractivity contribution in [3.05, 3.63) is 53.6 Å². The Labute approximate surface area is 164 Å². The molecule has 0 spiro atoms. The number of halogens is 3. The molecular formula is C20H18F3NO5. The highest BCUT2D eigenvalue weighted by atomic mass is 19.4. The van der Waals surface area contributed by atoms with Crippen molar-refractivity contribution in [1.82, 2.24) is 0 Å². The number of hydrogen-bond donors (Lipinski definition) is 1. The van der Waals surface area contributed by atoms with Crippen LogP contribution in [-0.2, 0) is 26.9 Å². The highest BCUT2D eigenvalue weighted by Crippen LogP contribution is 2.32. The lowest BCUT2D eigenvalue weighted by Gasteiger charge is -2.11. The first-order chi connectivity index (χ1) is 13.8. The number of benzene rings is 2. The number of carbonyl (C=O) groups excluding carboxylic acids is 2. The van der Waals surface area contributed by atoms with Crippen molar-refractivity contribution < 1.29 is 37.0 Å². The summed E-state index contributed by atoms with van der Waals surface area (Å²) in [6, 6.07) is 9.27. The van der Waals surface area contributed by atoms with E-state index in [0.717, 1.165) is 18.6 Å². The summed E-state index contributed by atoms with van der Waals surface area (Å²) in [5, 5.41) is 2.56. The zero-order valence-corrected chi connectivity index (χ0v) is 15.3. The number of rotatable bonds is 5. The van der Waals surface area contributed by atoms with Gasteiger partial charge in [-0.1, -0.05) is 18.2 Å². The maximum absolute atomic E-state index is 12.7. The number of amides is 1. The summed E-state index contributed by atoms with van der Waals surface area (Å²) in [7, 11) is 0. The van der Waals surface area contributed by atoms with Crippen molar-refractivity contribution >= 4 is 17.6 Å². The Morgan fingerprint density at radius 1 is 1.03 bits per heavy atom. The minimum Gasteiger partial charge on any atom is -0.490 e. The number of ether oxygens (including phenoxy) is 3. The quantitative estimate of drug-likeness (QED) is 0.764. The van der Waals surface area contributed by atoms with Crippen molar-refractivity contribution in [3.63, 3.8) is 0 Å². The van der Waals surface area contributed by atoms with Gasteiger partial charge in [0.05, 0.1) is 25.2 Å². The number of carbonyl (C=O) groups is 2. The molecule has 2 aromatic carbocycles. The van der Waals surface area contributed by atoms with Crippen LogP contribution in [0.3, 0.4) is 0 Å². The van der Waals surface area contributed by atoms with Gasteiger partial charge in [0.1, 0.15) is 0 Å². The molecule has 0 saturated heterocycles. The molecule has 154 valence electrons. The molecule has 6 nitrogen and oxygen atoms in total. The van der Waals surface area contributed by atoms with Crippen LogP contribution in [-0.4, -0.2) is 31.7 Å². The minimum atomic E-state index is -4.50. The number of fused-ring (bicyclic) bond motifs is 1. The molecule has 29 heavy (non-hydrogen) atoms. The lowest BCUT2D eigenvalue weighted by molar-refractivity contribution is -0.146. The van der Waals surface area contributed by atoms with E-state index in [4.69, 9.17) is 14.2 Å². The Morgan fingerprint density at radius 2 is 1.79 bits per heavy atom. The van der Waals surface area contributed by atoms with Gasteiger partial charge in [0.2, 0.25) is 0 Å². The maximum Gasteiger partial charge on any atom is 0.416 e. The van der Waals surface area contributed by atoms with E-state index in [1.54, 1.807) is 18.2 Å². The van der Waals surface area contributed by atoms with Gasteiger partial charge >= 0.3 is 12.1 Å². The van der Waals surface area contributed by atoms with Gasteiger partial charge in [-0.3, -0.25) is 9.59 Å². The first-order valence-electron chi connectivity index (χ1n) is 8.82. The maximum atomic E-state index is 12.7. The van der Waals surface area contributed by atoms with E-state index in [9.17, 15) is 22.8 Å². The van der Waals surface area contributed by atoms with Crippen LogP contribution in [0.4, 0.5) is 18.9 Å². The number of alkyl halides is 3. The molecule has 0 bridgehead atoms. The largest absolute Gasteiger partial charge is 0.490 e. The van der Waals surface area contributed by atoms with Crippen LogP contribution in [0.2, 0.25) is 0 Å². The summed E-state index contributed by atoms with van der Waals surface area (Å²) < 4.78 is 54.0. The molecule has 0 unspecified atom stereocenters. The van der Waals surface area contributed by atoms with Crippen LogP contribution < -0.4 is 14.8 Å². The molecule has 1 aliphatic rings. The Balaban J connectivity index is 1.50. The van der Waals surface area contributed by atoms with Crippen LogP contribution in [0.5, 0.6) is 11.5 Å². The topological polar surface area (TPSA) is 73.9 Å². The first-order valence-corrected chi connectivity index (χ1v) is 8.82. The van der Waals surface area contributed by atoms with Crippen molar-refractivity contribution in [2.75, 3.05) is 25.1 Å². The Kier molecular flexibility index (Phi) is 6.26. The molecule has 0 fully saturated rings. The van der Waals surface area contributed by atoms with Gasteiger partial charge in [0.15, 0.2) is 18.1 Å². The van der Waals surface area contributed by atoms with Crippen molar-refractivity contribution in [2.45, 2.75) is 19.0 Å². The molecule has 0 aromatic heterocycles. The van der Waals surface area contributed by atoms with E-state index in [1.807, 2.05) is 0 Å². The summed E-state index contributed by atoms with van der Waals surface area (Å²) in [5.74, 6) is -0.315. The molecular weight excluding hydrogens is 391 g/mol. The Morgan fingerprint density at radius 3 is 2.55 bits per heavy atom. The first kappa shape index (κ1) is 20.5.